The first-order valence-corrected chi connectivity index (χ1v) is 47.0. The van der Waals surface area contributed by atoms with E-state index in [2.05, 4.69) is 58.2 Å². The molecule has 3 saturated heterocycles. The maximum Gasteiger partial charge on any atom is 0.323 e. The second kappa shape index (κ2) is 51.1. The molecule has 5 heterocycles. The number of carboxylic acids is 1. The minimum atomic E-state index is -1.77. The zero-order valence-electron chi connectivity index (χ0n) is 78.8. The van der Waals surface area contributed by atoms with Crippen LogP contribution in [0.1, 0.15) is 149 Å². The molecule has 5 aromatic rings. The van der Waals surface area contributed by atoms with Gasteiger partial charge in [-0.3, -0.25) is 86.3 Å². The number of methoxy groups -OCH3 is 1. The Balaban J connectivity index is 1.22. The fourth-order valence-electron chi connectivity index (χ4n) is 17.0. The van der Waals surface area contributed by atoms with Crippen molar-refractivity contribution in [3.8, 4) is 11.5 Å². The van der Waals surface area contributed by atoms with Gasteiger partial charge in [0.15, 0.2) is 0 Å². The lowest BCUT2D eigenvalue weighted by atomic mass is 9.99. The molecule has 8 rings (SSSR count). The lowest BCUT2D eigenvalue weighted by molar-refractivity contribution is -0.149. The van der Waals surface area contributed by atoms with Crippen LogP contribution in [0.3, 0.4) is 0 Å². The number of phenols is 1. The number of carboxylic acid groups (broad SMARTS) is 1. The summed E-state index contributed by atoms with van der Waals surface area (Å²) in [5.74, 6) is -18.6. The van der Waals surface area contributed by atoms with E-state index in [1.165, 1.54) is 70.2 Å². The third-order valence-electron chi connectivity index (χ3n) is 24.4. The molecule has 15 atom stereocenters. The highest BCUT2D eigenvalue weighted by molar-refractivity contribution is 8.00. The third-order valence-corrected chi connectivity index (χ3v) is 25.4. The summed E-state index contributed by atoms with van der Waals surface area (Å²) < 4.78 is 7.02. The topological polar surface area (TPSA) is 638 Å². The lowest BCUT2D eigenvalue weighted by Crippen LogP contribution is -2.62. The van der Waals surface area contributed by atoms with Crippen LogP contribution in [0.4, 0.5) is 0 Å². The summed E-state index contributed by atoms with van der Waals surface area (Å²) in [7, 11) is 5.30. The van der Waals surface area contributed by atoms with Crippen LogP contribution in [0.2, 0.25) is 0 Å². The molecular weight excluding hydrogens is 1780 g/mol. The zero-order chi connectivity index (χ0) is 100. The van der Waals surface area contributed by atoms with Crippen LogP contribution in [0.15, 0.2) is 79.1 Å². The second-order valence-corrected chi connectivity index (χ2v) is 36.7. The molecule has 0 unspecified atom stereocenters. The van der Waals surface area contributed by atoms with E-state index in [4.69, 9.17) is 27.7 Å². The maximum absolute atomic E-state index is 16.1. The molecule has 44 heteroatoms. The molecule has 0 spiro atoms. The minimum Gasteiger partial charge on any atom is -0.508 e. The standard InChI is InChI=1S/C92H133N21O22S/c1-12-14-21-71-85(127)101-62(33-49(3)4)82(124)107-69(80(122)98-43-76(96)117)47-136-48-77(118)99-65(35-52-24-26-55(114)27-25-52)88(130)108(8)51(7)79(121)103-67(40-75(95)116)90(132)112-32-18-23-72(112)86(128)106-68(41-94)84(126)104-64(34-50(5)6)91(133)113-45-56(115)38-74(113)87(129)102-63(36-53-42-97-60-20-17-16-19-58(53)60)83(125)100-61(30-31-93)81(123)105-66(89(131)110(10)73(22-15-13-2)92(134)109(71)9)37-54-44-111(46-78(119)120)70-29-28-57(135-11)39-59(54)70/h16-17,19-20,24-29,39,42,44,49-51,56,61-69,71-74,97,114-115H,12-15,18,21-23,30-38,40-41,43,45-48,93-94H2,1-11H3,(H2,95,116)(H2,96,117)(H,98,122)(H,99,118)(H,100,125)(H,101,127)(H,102,129)(H,103,121)(H,104,126)(H,105,123)(H,106,128)(H,107,124)(H,119,120)/t51-,56+,61-,62-,63-,64-,65-,66-,67-,68-,69-,71-,72-,73-,74-/m0/s1. The molecule has 744 valence electrons. The first kappa shape index (κ1) is 108. The number of thioether (sulfide) groups is 1. The van der Waals surface area contributed by atoms with Crippen LogP contribution >= 0.6 is 11.8 Å². The minimum absolute atomic E-state index is 0.00796. The van der Waals surface area contributed by atoms with Crippen molar-refractivity contribution in [2.75, 3.05) is 72.5 Å². The number of carbonyl (C=O) groups is 18. The van der Waals surface area contributed by atoms with Gasteiger partial charge in [0, 0.05) is 106 Å². The number of carbonyl (C=O) groups excluding carboxylic acids is 17. The molecule has 17 amide bonds. The third kappa shape index (κ3) is 29.8. The Labute approximate surface area is 792 Å². The summed E-state index contributed by atoms with van der Waals surface area (Å²) in [6.07, 6.45) is 0.739. The van der Waals surface area contributed by atoms with Gasteiger partial charge in [-0.1, -0.05) is 97.6 Å². The smallest absolute Gasteiger partial charge is 0.323 e. The molecule has 43 nitrogen and oxygen atoms in total. The molecule has 0 radical (unpaired) electrons. The van der Waals surface area contributed by atoms with Crippen molar-refractivity contribution < 1.29 is 106 Å². The number of nitrogens with two attached hydrogens (primary N) is 4. The molecule has 22 N–H and O–H groups in total. The first-order chi connectivity index (χ1) is 64.5. The highest BCUT2D eigenvalue weighted by atomic mass is 32.2. The molecule has 136 heavy (non-hydrogen) atoms. The van der Waals surface area contributed by atoms with Gasteiger partial charge in [0.1, 0.15) is 103 Å². The van der Waals surface area contributed by atoms with Gasteiger partial charge in [-0.25, -0.2) is 0 Å². The number of benzene rings is 3. The van der Waals surface area contributed by atoms with Gasteiger partial charge in [0.05, 0.1) is 31.9 Å². The highest BCUT2D eigenvalue weighted by Crippen LogP contribution is 2.31. The summed E-state index contributed by atoms with van der Waals surface area (Å²) in [6, 6.07) is -4.24. The van der Waals surface area contributed by atoms with Gasteiger partial charge in [0.25, 0.3) is 0 Å². The Bertz CT molecular complexity index is 5130. The zero-order valence-corrected chi connectivity index (χ0v) is 79.6. The number of H-pyrrole nitrogens is 1. The number of aromatic hydroxyl groups is 1. The SMILES string of the molecule is CCCC[C@H]1C(=O)N(C)[C@@H](CCCC)C(=O)N[C@@H](CC(C)C)C(=O)N[C@H](C(=O)NCC(N)=O)CSCC(=O)N[C@@H](Cc2ccc(O)cc2)C(=O)N(C)[C@@H](C)C(=O)N[C@@H](CC(N)=O)C(=O)N2CCC[C@H]2C(=O)N[C@@H](CN)C(=O)N[C@@H](CC(C)C)C(=O)N2C[C@H](O)C[C@H]2C(=O)N[C@@H](Cc2c[nH]c3ccccc23)C(=O)N[C@@H](CCN)C(=O)N[C@@H](Cc2cn(CC(=O)O)c3ccc(OC)cc23)C(=O)N1C. The summed E-state index contributed by atoms with van der Waals surface area (Å²) in [5, 5.41) is 59.4. The summed E-state index contributed by atoms with van der Waals surface area (Å²) in [4.78, 5) is 271. The first-order valence-electron chi connectivity index (χ1n) is 45.9. The molecule has 0 saturated carbocycles. The molecule has 3 aliphatic rings. The van der Waals surface area contributed by atoms with Gasteiger partial charge in [-0.2, -0.15) is 0 Å². The van der Waals surface area contributed by atoms with E-state index in [9.17, 15) is 68.1 Å². The summed E-state index contributed by atoms with van der Waals surface area (Å²) in [6.45, 7) is 9.17. The van der Waals surface area contributed by atoms with Crippen LogP contribution < -0.4 is 80.8 Å². The Morgan fingerprint density at radius 2 is 1.14 bits per heavy atom. The van der Waals surface area contributed by atoms with E-state index in [0.29, 0.717) is 69.9 Å². The average molecular weight is 1920 g/mol. The van der Waals surface area contributed by atoms with Crippen molar-refractivity contribution in [1.29, 1.82) is 0 Å². The number of unbranched alkanes of at least 4 members (excludes halogenated alkanes) is 2. The number of aliphatic carboxylic acids is 1. The Hall–Kier alpha value is -13.0. The number of primary amides is 2. The Kier molecular flexibility index (Phi) is 40.7. The maximum atomic E-state index is 16.1. The molecule has 2 aromatic heterocycles. The number of fused-ring (bicyclic) bond motifs is 4. The number of likely N-dealkylation sites (N-methyl/N-ethyl adjacent to an activating group) is 3. The van der Waals surface area contributed by atoms with Crippen LogP contribution in [-0.2, 0) is 112 Å². The molecule has 3 fully saturated rings. The van der Waals surface area contributed by atoms with Gasteiger partial charge in [-0.15, -0.1) is 11.8 Å². The lowest BCUT2D eigenvalue weighted by Gasteiger charge is -2.36. The summed E-state index contributed by atoms with van der Waals surface area (Å²) in [5.41, 5.74) is 25.8. The van der Waals surface area contributed by atoms with Crippen molar-refractivity contribution in [2.45, 2.75) is 248 Å². The molecular formula is C92H133N21O22S. The van der Waals surface area contributed by atoms with E-state index in [1.807, 2.05) is 13.8 Å². The quantitative estimate of drug-likeness (QED) is 0.0265. The number of nitrogens with one attached hydrogen (secondary N) is 11. The molecule has 3 aromatic carbocycles. The molecule has 0 aliphatic carbocycles. The monoisotopic (exact) mass is 1920 g/mol. The van der Waals surface area contributed by atoms with E-state index in [1.54, 1.807) is 76.4 Å². The van der Waals surface area contributed by atoms with E-state index in [0.717, 1.165) is 36.3 Å². The number of aliphatic hydroxyl groups excluding tert-OH is 1. The fourth-order valence-corrected chi connectivity index (χ4v) is 17.8. The number of aromatic amines is 1. The number of aromatic nitrogens is 2. The van der Waals surface area contributed by atoms with Gasteiger partial charge < -0.3 is 130 Å². The number of aliphatic hydroxyl groups is 1. The van der Waals surface area contributed by atoms with Crippen molar-refractivity contribution in [1.82, 2.24) is 87.2 Å². The Morgan fingerprint density at radius 3 is 1.78 bits per heavy atom. The number of amides is 17. The van der Waals surface area contributed by atoms with Crippen molar-refractivity contribution in [3.63, 3.8) is 0 Å². The van der Waals surface area contributed by atoms with Gasteiger partial charge in [0.2, 0.25) is 100 Å². The van der Waals surface area contributed by atoms with Crippen LogP contribution in [0.5, 0.6) is 11.5 Å². The number of para-hydroxylation sites is 1. The normalized spacial score (nSPS) is 24.7. The number of phenolic OH excluding ortho intramolecular Hbond substituents is 1. The van der Waals surface area contributed by atoms with E-state index in [-0.39, 0.29) is 88.5 Å². The second-order valence-electron chi connectivity index (χ2n) is 35.7. The van der Waals surface area contributed by atoms with Gasteiger partial charge >= 0.3 is 5.97 Å². The fraction of sp³-hybridized carbons (Fsp3) is 0.565. The van der Waals surface area contributed by atoms with Crippen LogP contribution in [-0.4, -0.2) is 319 Å². The number of rotatable bonds is 27. The van der Waals surface area contributed by atoms with E-state index < -0.39 is 254 Å². The van der Waals surface area contributed by atoms with Crippen molar-refractivity contribution in [2.24, 2.45) is 34.8 Å². The molecule has 0 bridgehead atoms. The number of ether oxygens (including phenoxy) is 1. The summed E-state index contributed by atoms with van der Waals surface area (Å²) >= 11 is 0.782. The van der Waals surface area contributed by atoms with Crippen molar-refractivity contribution >= 4 is 140 Å². The largest absolute Gasteiger partial charge is 0.508 e. The predicted molar refractivity (Wildman–Crippen MR) is 501 cm³/mol. The average Bonchev–Trinajstić information content (AvgIpc) is 1.63. The van der Waals surface area contributed by atoms with E-state index >= 15 is 33.6 Å². The highest BCUT2D eigenvalue weighted by Gasteiger charge is 2.47. The Morgan fingerprint density at radius 1 is 0.574 bits per heavy atom. The van der Waals surface area contributed by atoms with Crippen LogP contribution in [0.25, 0.3) is 21.8 Å². The molecule has 3 aliphatic heterocycles. The van der Waals surface area contributed by atoms with Crippen LogP contribution in [0, 0.1) is 11.8 Å². The predicted octanol–water partition coefficient (Wildman–Crippen LogP) is -2.23. The van der Waals surface area contributed by atoms with Gasteiger partial charge in [-0.05, 0) is 123 Å². The number of hydrogen-bond donors (Lipinski definition) is 18. The van der Waals surface area contributed by atoms with Crippen molar-refractivity contribution in [3.05, 3.63) is 95.8 Å². The number of hydrogen-bond acceptors (Lipinski definition) is 24. The number of nitrogens with zero attached hydrogens (tertiary/aromatic N) is 6.